The zero-order valence-electron chi connectivity index (χ0n) is 11.8. The second-order valence-electron chi connectivity index (χ2n) is 5.46. The molecule has 0 bridgehead atoms. The lowest BCUT2D eigenvalue weighted by Crippen LogP contribution is -2.35. The predicted molar refractivity (Wildman–Crippen MR) is 78.6 cm³/mol. The minimum Gasteiger partial charge on any atom is -0.488 e. The second kappa shape index (κ2) is 5.67. The highest BCUT2D eigenvalue weighted by molar-refractivity contribution is 5.99. The molecule has 0 saturated heterocycles. The molecular weight excluding hydrogens is 252 g/mol. The molecule has 0 atom stereocenters. The van der Waals surface area contributed by atoms with Crippen molar-refractivity contribution >= 4 is 12.0 Å². The van der Waals surface area contributed by atoms with Gasteiger partial charge in [-0.1, -0.05) is 18.2 Å². The summed E-state index contributed by atoms with van der Waals surface area (Å²) in [4.78, 5) is 14.4. The maximum Gasteiger partial charge on any atom is 0.250 e. The Balaban J connectivity index is 1.54. The number of hydrogen-bond acceptors (Lipinski definition) is 3. The van der Waals surface area contributed by atoms with Crippen LogP contribution in [0.5, 0.6) is 5.75 Å². The van der Waals surface area contributed by atoms with Crippen molar-refractivity contribution in [3.8, 4) is 5.75 Å². The predicted octanol–water partition coefficient (Wildman–Crippen LogP) is 1.67. The summed E-state index contributed by atoms with van der Waals surface area (Å²) < 4.78 is 5.59. The Hall–Kier alpha value is -1.81. The first-order chi connectivity index (χ1) is 9.74. The molecule has 20 heavy (non-hydrogen) atoms. The molecule has 1 saturated carbocycles. The quantitative estimate of drug-likeness (QED) is 0.886. The van der Waals surface area contributed by atoms with Crippen LogP contribution in [-0.4, -0.2) is 43.6 Å². The average molecular weight is 272 g/mol. The van der Waals surface area contributed by atoms with Crippen molar-refractivity contribution in [3.05, 3.63) is 35.4 Å². The van der Waals surface area contributed by atoms with Gasteiger partial charge >= 0.3 is 0 Å². The van der Waals surface area contributed by atoms with Crippen LogP contribution in [0.3, 0.4) is 0 Å². The van der Waals surface area contributed by atoms with Crippen LogP contribution in [0.15, 0.2) is 29.8 Å². The van der Waals surface area contributed by atoms with E-state index in [1.165, 1.54) is 12.8 Å². The monoisotopic (exact) mass is 272 g/mol. The molecule has 106 valence electrons. The summed E-state index contributed by atoms with van der Waals surface area (Å²) in [7, 11) is 2.11. The summed E-state index contributed by atoms with van der Waals surface area (Å²) in [6, 6.07) is 8.50. The van der Waals surface area contributed by atoms with E-state index in [-0.39, 0.29) is 5.91 Å². The molecule has 4 nitrogen and oxygen atoms in total. The van der Waals surface area contributed by atoms with E-state index in [2.05, 4.69) is 17.3 Å². The normalized spacial score (nSPS) is 17.2. The first-order valence-electron chi connectivity index (χ1n) is 7.15. The van der Waals surface area contributed by atoms with Crippen molar-refractivity contribution < 1.29 is 9.53 Å². The van der Waals surface area contributed by atoms with Crippen LogP contribution in [0.2, 0.25) is 0 Å². The fraction of sp³-hybridized carbons (Fsp3) is 0.438. The highest BCUT2D eigenvalue weighted by Gasteiger charge is 2.25. The lowest BCUT2D eigenvalue weighted by molar-refractivity contribution is -0.117. The first kappa shape index (κ1) is 13.2. The summed E-state index contributed by atoms with van der Waals surface area (Å²) in [6.45, 7) is 1.94. The highest BCUT2D eigenvalue weighted by atomic mass is 16.5. The summed E-state index contributed by atoms with van der Waals surface area (Å²) in [6.07, 6.45) is 4.50. The third-order valence-electron chi connectivity index (χ3n) is 3.84. The first-order valence-corrected chi connectivity index (χ1v) is 7.15. The number of nitrogens with one attached hydrogen (secondary N) is 1. The van der Waals surface area contributed by atoms with Crippen molar-refractivity contribution in [2.24, 2.45) is 0 Å². The molecule has 0 spiro atoms. The van der Waals surface area contributed by atoms with Gasteiger partial charge in [0.05, 0.1) is 5.57 Å². The number of carbonyl (C=O) groups excluding carboxylic acids is 1. The minimum absolute atomic E-state index is 0.0244. The fourth-order valence-corrected chi connectivity index (χ4v) is 2.40. The van der Waals surface area contributed by atoms with Crippen molar-refractivity contribution in [2.75, 3.05) is 26.7 Å². The van der Waals surface area contributed by atoms with E-state index < -0.39 is 0 Å². The van der Waals surface area contributed by atoms with Crippen LogP contribution in [0.4, 0.5) is 0 Å². The molecular formula is C16H20N2O2. The summed E-state index contributed by atoms with van der Waals surface area (Å²) in [5, 5.41) is 2.97. The van der Waals surface area contributed by atoms with Gasteiger partial charge in [-0.3, -0.25) is 4.79 Å². The van der Waals surface area contributed by atoms with Crippen LogP contribution in [0, 0.1) is 0 Å². The number of fused-ring (bicyclic) bond motifs is 1. The fourth-order valence-electron chi connectivity index (χ4n) is 2.40. The molecule has 0 radical (unpaired) electrons. The Kier molecular flexibility index (Phi) is 3.74. The van der Waals surface area contributed by atoms with Gasteiger partial charge in [0.15, 0.2) is 0 Å². The molecule has 4 heteroatoms. The summed E-state index contributed by atoms with van der Waals surface area (Å²) in [5.41, 5.74) is 1.66. The smallest absolute Gasteiger partial charge is 0.250 e. The molecule has 3 rings (SSSR count). The third-order valence-corrected chi connectivity index (χ3v) is 3.84. The molecule has 1 aromatic carbocycles. The minimum atomic E-state index is -0.0244. The zero-order chi connectivity index (χ0) is 13.9. The van der Waals surface area contributed by atoms with E-state index in [9.17, 15) is 4.79 Å². The molecule has 0 unspecified atom stereocenters. The Morgan fingerprint density at radius 2 is 2.20 bits per heavy atom. The lowest BCUT2D eigenvalue weighted by atomic mass is 10.1. The van der Waals surface area contributed by atoms with Crippen molar-refractivity contribution in [1.82, 2.24) is 10.2 Å². The van der Waals surface area contributed by atoms with Crippen molar-refractivity contribution in [3.63, 3.8) is 0 Å². The van der Waals surface area contributed by atoms with Crippen LogP contribution >= 0.6 is 0 Å². The molecule has 1 N–H and O–H groups in total. The van der Waals surface area contributed by atoms with Crippen molar-refractivity contribution in [2.45, 2.75) is 18.9 Å². The number of nitrogens with zero attached hydrogens (tertiary/aromatic N) is 1. The number of amides is 1. The van der Waals surface area contributed by atoms with Gasteiger partial charge in [0, 0.05) is 24.7 Å². The van der Waals surface area contributed by atoms with Gasteiger partial charge in [-0.05, 0) is 32.0 Å². The number of benzene rings is 1. The molecule has 2 aliphatic rings. The van der Waals surface area contributed by atoms with Gasteiger partial charge in [0.1, 0.15) is 12.4 Å². The van der Waals surface area contributed by atoms with E-state index in [1.807, 2.05) is 30.3 Å². The molecule has 0 aromatic heterocycles. The number of hydrogen-bond donors (Lipinski definition) is 1. The molecule has 1 fully saturated rings. The van der Waals surface area contributed by atoms with Crippen LogP contribution in [-0.2, 0) is 4.79 Å². The van der Waals surface area contributed by atoms with Gasteiger partial charge in [-0.25, -0.2) is 0 Å². The number of carbonyl (C=O) groups is 1. The second-order valence-corrected chi connectivity index (χ2v) is 5.46. The summed E-state index contributed by atoms with van der Waals surface area (Å²) in [5.74, 6) is 0.821. The Morgan fingerprint density at radius 3 is 3.00 bits per heavy atom. The lowest BCUT2D eigenvalue weighted by Gasteiger charge is -2.19. The number of likely N-dealkylation sites (N-methyl/N-ethyl adjacent to an activating group) is 1. The Labute approximate surface area is 119 Å². The van der Waals surface area contributed by atoms with Gasteiger partial charge in [-0.15, -0.1) is 0 Å². The van der Waals surface area contributed by atoms with Crippen LogP contribution in [0.1, 0.15) is 18.4 Å². The van der Waals surface area contributed by atoms with Gasteiger partial charge in [-0.2, -0.15) is 0 Å². The maximum absolute atomic E-state index is 12.1. The number of rotatable bonds is 5. The third kappa shape index (κ3) is 3.02. The van der Waals surface area contributed by atoms with E-state index in [0.717, 1.165) is 23.9 Å². The van der Waals surface area contributed by atoms with E-state index in [4.69, 9.17) is 4.74 Å². The van der Waals surface area contributed by atoms with Crippen LogP contribution < -0.4 is 10.1 Å². The largest absolute Gasteiger partial charge is 0.488 e. The van der Waals surface area contributed by atoms with Gasteiger partial charge in [0.25, 0.3) is 5.91 Å². The van der Waals surface area contributed by atoms with E-state index in [1.54, 1.807) is 0 Å². The average Bonchev–Trinajstić information content (AvgIpc) is 3.31. The molecule has 1 aliphatic heterocycles. The van der Waals surface area contributed by atoms with Crippen LogP contribution in [0.25, 0.3) is 6.08 Å². The standard InChI is InChI=1S/C16H20N2O2/c1-18(14-6-7-14)9-8-17-16(19)13-10-12-4-2-3-5-15(12)20-11-13/h2-5,10,14H,6-9,11H2,1H3,(H,17,19). The molecule has 1 aromatic rings. The SMILES string of the molecule is CN(CCNC(=O)C1=Cc2ccccc2OC1)C1CC1. The molecule has 1 heterocycles. The number of para-hydroxylation sites is 1. The van der Waals surface area contributed by atoms with Crippen molar-refractivity contribution in [1.29, 1.82) is 0 Å². The topological polar surface area (TPSA) is 41.6 Å². The Bertz CT molecular complexity index is 535. The number of ether oxygens (including phenoxy) is 1. The summed E-state index contributed by atoms with van der Waals surface area (Å²) >= 11 is 0. The van der Waals surface area contributed by atoms with E-state index >= 15 is 0 Å². The highest BCUT2D eigenvalue weighted by Crippen LogP contribution is 2.26. The Morgan fingerprint density at radius 1 is 1.40 bits per heavy atom. The van der Waals surface area contributed by atoms with Gasteiger partial charge < -0.3 is 15.0 Å². The zero-order valence-corrected chi connectivity index (χ0v) is 11.8. The van der Waals surface area contributed by atoms with E-state index in [0.29, 0.717) is 18.7 Å². The molecule has 1 amide bonds. The van der Waals surface area contributed by atoms with Gasteiger partial charge in [0.2, 0.25) is 0 Å². The maximum atomic E-state index is 12.1. The molecule has 1 aliphatic carbocycles.